The summed E-state index contributed by atoms with van der Waals surface area (Å²) in [5, 5.41) is 8.23. The van der Waals surface area contributed by atoms with Gasteiger partial charge in [0.05, 0.1) is 15.8 Å². The van der Waals surface area contributed by atoms with E-state index < -0.39 is 0 Å². The van der Waals surface area contributed by atoms with Crippen LogP contribution in [0.3, 0.4) is 0 Å². The van der Waals surface area contributed by atoms with Crippen molar-refractivity contribution in [2.24, 2.45) is 10.2 Å². The van der Waals surface area contributed by atoms with E-state index in [2.05, 4.69) is 57.4 Å². The lowest BCUT2D eigenvalue weighted by atomic mass is 9.82. The van der Waals surface area contributed by atoms with Gasteiger partial charge < -0.3 is 28.7 Å². The molecule has 2 aromatic carbocycles. The van der Waals surface area contributed by atoms with Gasteiger partial charge in [0.15, 0.2) is 11.7 Å². The highest BCUT2D eigenvalue weighted by molar-refractivity contribution is 9.10. The molecule has 4 heterocycles. The molecule has 254 valence electrons. The molecular formula is C35H41BrN6O6. The van der Waals surface area contributed by atoms with Gasteiger partial charge >= 0.3 is 0 Å². The third-order valence-electron chi connectivity index (χ3n) is 9.98. The maximum Gasteiger partial charge on any atom is 0.262 e. The Bertz CT molecular complexity index is 1770. The maximum atomic E-state index is 12.1. The minimum absolute atomic E-state index is 0.103. The third-order valence-corrected chi connectivity index (χ3v) is 10.6. The zero-order valence-corrected chi connectivity index (χ0v) is 29.5. The van der Waals surface area contributed by atoms with Gasteiger partial charge in [0.2, 0.25) is 0 Å². The number of anilines is 2. The van der Waals surface area contributed by atoms with Crippen LogP contribution in [0.2, 0.25) is 0 Å². The van der Waals surface area contributed by atoms with Crippen molar-refractivity contribution < 1.29 is 28.5 Å². The van der Waals surface area contributed by atoms with Crippen molar-refractivity contribution in [3.05, 3.63) is 40.9 Å². The van der Waals surface area contributed by atoms with E-state index in [4.69, 9.17) is 18.9 Å². The van der Waals surface area contributed by atoms with E-state index in [1.165, 1.54) is 12.8 Å². The predicted molar refractivity (Wildman–Crippen MR) is 187 cm³/mol. The monoisotopic (exact) mass is 720 g/mol. The van der Waals surface area contributed by atoms with Crippen LogP contribution in [0, 0.1) is 0 Å². The summed E-state index contributed by atoms with van der Waals surface area (Å²) in [6.07, 6.45) is 6.59. The van der Waals surface area contributed by atoms with Crippen LogP contribution in [0.25, 0.3) is 5.57 Å². The lowest BCUT2D eigenvalue weighted by Crippen LogP contribution is -2.55. The summed E-state index contributed by atoms with van der Waals surface area (Å²) in [6.45, 7) is 14.7. The van der Waals surface area contributed by atoms with Crippen LogP contribution in [0.15, 0.2) is 45.5 Å². The summed E-state index contributed by atoms with van der Waals surface area (Å²) in [6, 6.07) is 7.09. The molecule has 2 N–H and O–H groups in total. The lowest BCUT2D eigenvalue weighted by Gasteiger charge is -2.41. The van der Waals surface area contributed by atoms with Crippen molar-refractivity contribution >= 4 is 56.4 Å². The Morgan fingerprint density at radius 2 is 1.29 bits per heavy atom. The molecule has 12 nitrogen and oxygen atoms in total. The van der Waals surface area contributed by atoms with Crippen LogP contribution in [0.1, 0.15) is 78.7 Å². The smallest absolute Gasteiger partial charge is 0.262 e. The van der Waals surface area contributed by atoms with E-state index in [0.717, 1.165) is 75.7 Å². The Hall–Kier alpha value is -4.26. The van der Waals surface area contributed by atoms with Crippen molar-refractivity contribution in [1.29, 1.82) is 0 Å². The van der Waals surface area contributed by atoms with E-state index in [-0.39, 0.29) is 35.1 Å². The molecule has 2 unspecified atom stereocenters. The summed E-state index contributed by atoms with van der Waals surface area (Å²) in [5.74, 6) is 4.15. The Balaban J connectivity index is 0.000000152. The molecule has 2 aliphatic carbocycles. The van der Waals surface area contributed by atoms with Gasteiger partial charge in [-0.05, 0) is 101 Å². The number of carbonyl (C=O) groups excluding carboxylic acids is 2. The number of allylic oxidation sites excluding steroid dienone is 1. The molecule has 8 rings (SSSR count). The molecule has 0 radical (unpaired) electrons. The lowest BCUT2D eigenvalue weighted by molar-refractivity contribution is -0.123. The Morgan fingerprint density at radius 1 is 0.833 bits per heavy atom. The number of ether oxygens (including phenoxy) is 4. The minimum Gasteiger partial charge on any atom is -0.487 e. The molecule has 4 aliphatic heterocycles. The van der Waals surface area contributed by atoms with Crippen LogP contribution >= 0.6 is 15.9 Å². The number of nitrogens with one attached hydrogen (secondary N) is 2. The summed E-state index contributed by atoms with van der Waals surface area (Å²) in [4.78, 5) is 27.9. The Labute approximate surface area is 288 Å². The summed E-state index contributed by atoms with van der Waals surface area (Å²) in [7, 11) is 0. The van der Waals surface area contributed by atoms with Crippen LogP contribution in [-0.4, -0.2) is 60.0 Å². The van der Waals surface area contributed by atoms with E-state index in [1.807, 2.05) is 54.8 Å². The van der Waals surface area contributed by atoms with Gasteiger partial charge in [-0.25, -0.2) is 10.9 Å². The molecule has 2 fully saturated rings. The maximum absolute atomic E-state index is 12.1. The van der Waals surface area contributed by atoms with Crippen molar-refractivity contribution in [2.45, 2.75) is 96.4 Å². The molecule has 2 atom stereocenters. The van der Waals surface area contributed by atoms with Crippen LogP contribution in [-0.2, 0) is 9.59 Å². The summed E-state index contributed by atoms with van der Waals surface area (Å²) >= 11 is 3.56. The number of carbonyl (C=O) groups is 2. The van der Waals surface area contributed by atoms with E-state index in [1.54, 1.807) is 0 Å². The minimum atomic E-state index is -0.349. The normalized spacial score (nSPS) is 23.9. The highest BCUT2D eigenvalue weighted by atomic mass is 79.9. The van der Waals surface area contributed by atoms with E-state index in [9.17, 15) is 9.59 Å². The Kier molecular flexibility index (Phi) is 8.08. The molecule has 2 aromatic rings. The topological polar surface area (TPSA) is 126 Å². The first-order chi connectivity index (χ1) is 22.8. The fourth-order valence-corrected chi connectivity index (χ4v) is 7.06. The second-order valence-corrected chi connectivity index (χ2v) is 14.7. The van der Waals surface area contributed by atoms with Gasteiger partial charge in [0, 0.05) is 23.8 Å². The average Bonchev–Trinajstić information content (AvgIpc) is 3.03. The first-order valence-corrected chi connectivity index (χ1v) is 17.3. The quantitative estimate of drug-likeness (QED) is 0.393. The molecule has 6 aliphatic rings. The first-order valence-electron chi connectivity index (χ1n) is 16.5. The van der Waals surface area contributed by atoms with Gasteiger partial charge in [0.1, 0.15) is 59.5 Å². The van der Waals surface area contributed by atoms with Gasteiger partial charge in [-0.2, -0.15) is 10.2 Å². The number of amidine groups is 2. The highest BCUT2D eigenvalue weighted by Gasteiger charge is 2.40. The molecule has 0 saturated heterocycles. The number of benzene rings is 2. The van der Waals surface area contributed by atoms with Crippen molar-refractivity contribution in [2.75, 3.05) is 23.0 Å². The standard InChI is InChI=1S/C19H23N3O3.C16H18BrN3O3/c1-11(2)13-8-16-14(9-15(13)25-19(4)6-5-7-19)22-12(3)18(23)21-20-17(22)10-24-16;1-9-15(21)19-18-14-8-22-13-6-10(17)12(7-11(13)20(9)14)23-16(2)4-3-5-16/h8-9,12H,1,5-7,10H2,2-4H3,(H,21,23);6-7,9H,3-5,8H2,1-2H3,(H,19,21). The van der Waals surface area contributed by atoms with E-state index in [0.29, 0.717) is 24.9 Å². The zero-order chi connectivity index (χ0) is 34.0. The zero-order valence-electron chi connectivity index (χ0n) is 27.9. The molecule has 0 bridgehead atoms. The molecule has 13 heteroatoms. The number of fused-ring (bicyclic) bond motifs is 6. The molecular weight excluding hydrogens is 680 g/mol. The van der Waals surface area contributed by atoms with Crippen molar-refractivity contribution in [3.63, 3.8) is 0 Å². The van der Waals surface area contributed by atoms with E-state index >= 15 is 0 Å². The fourth-order valence-electron chi connectivity index (χ4n) is 6.66. The largest absolute Gasteiger partial charge is 0.487 e. The second-order valence-electron chi connectivity index (χ2n) is 13.8. The van der Waals surface area contributed by atoms with Crippen molar-refractivity contribution in [1.82, 2.24) is 10.9 Å². The third kappa shape index (κ3) is 5.75. The molecule has 0 spiro atoms. The first kappa shape index (κ1) is 32.3. The number of hydrogen-bond donors (Lipinski definition) is 2. The van der Waals surface area contributed by atoms with Gasteiger partial charge in [-0.15, -0.1) is 0 Å². The molecule has 2 amide bonds. The number of hydrazone groups is 2. The van der Waals surface area contributed by atoms with Crippen LogP contribution < -0.4 is 39.6 Å². The van der Waals surface area contributed by atoms with Gasteiger partial charge in [0.25, 0.3) is 11.8 Å². The number of halogens is 1. The van der Waals surface area contributed by atoms with Gasteiger partial charge in [-0.3, -0.25) is 9.59 Å². The number of amides is 2. The molecule has 2 saturated carbocycles. The summed E-state index contributed by atoms with van der Waals surface area (Å²) in [5.41, 5.74) is 8.35. The fraction of sp³-hybridized carbons (Fsp3) is 0.486. The summed E-state index contributed by atoms with van der Waals surface area (Å²) < 4.78 is 25.1. The molecule has 48 heavy (non-hydrogen) atoms. The van der Waals surface area contributed by atoms with Crippen LogP contribution in [0.4, 0.5) is 11.4 Å². The van der Waals surface area contributed by atoms with Crippen LogP contribution in [0.5, 0.6) is 23.0 Å². The number of rotatable bonds is 5. The average molecular weight is 722 g/mol. The highest BCUT2D eigenvalue weighted by Crippen LogP contribution is 2.46. The number of nitrogens with zero attached hydrogens (tertiary/aromatic N) is 4. The Morgan fingerprint density at radius 3 is 1.75 bits per heavy atom. The number of hydrogen-bond acceptors (Lipinski definition) is 10. The van der Waals surface area contributed by atoms with Gasteiger partial charge in [-0.1, -0.05) is 6.58 Å². The second kappa shape index (κ2) is 12.0. The molecule has 0 aromatic heterocycles. The van der Waals surface area contributed by atoms with Crippen molar-refractivity contribution in [3.8, 4) is 23.0 Å². The SMILES string of the molecule is C=C(C)c1cc2c(cc1OC1(C)CCC1)N1C(=NNC(=O)C1C)CO2.CC1C(=O)NN=C2COc3cc(Br)c(OC4(C)CCC4)cc3N21. The predicted octanol–water partition coefficient (Wildman–Crippen LogP) is 5.87.